The number of hydrogen-bond acceptors (Lipinski definition) is 4. The highest BCUT2D eigenvalue weighted by molar-refractivity contribution is 5.42. The third-order valence-corrected chi connectivity index (χ3v) is 3.00. The predicted molar refractivity (Wildman–Crippen MR) is 67.1 cm³/mol. The van der Waals surface area contributed by atoms with E-state index in [0.29, 0.717) is 6.61 Å². The molecule has 0 aliphatic carbocycles. The lowest BCUT2D eigenvalue weighted by Crippen LogP contribution is -2.48. The van der Waals surface area contributed by atoms with Gasteiger partial charge in [-0.1, -0.05) is 0 Å². The molecule has 1 atom stereocenters. The van der Waals surface area contributed by atoms with Crippen LogP contribution in [0.15, 0.2) is 18.3 Å². The Morgan fingerprint density at radius 2 is 2.29 bits per heavy atom. The van der Waals surface area contributed by atoms with Crippen molar-refractivity contribution in [1.29, 1.82) is 0 Å². The van der Waals surface area contributed by atoms with Crippen LogP contribution in [0.25, 0.3) is 0 Å². The molecule has 0 saturated carbocycles. The summed E-state index contributed by atoms with van der Waals surface area (Å²) in [4.78, 5) is 6.57. The molecule has 1 aliphatic rings. The van der Waals surface area contributed by atoms with E-state index in [1.807, 2.05) is 12.1 Å². The number of nitrogens with zero attached hydrogens (tertiary/aromatic N) is 2. The number of rotatable bonds is 2. The van der Waals surface area contributed by atoms with Crippen molar-refractivity contribution in [2.75, 3.05) is 24.6 Å². The van der Waals surface area contributed by atoms with Gasteiger partial charge in [0.25, 0.3) is 0 Å². The first-order valence-corrected chi connectivity index (χ1v) is 6.01. The van der Waals surface area contributed by atoms with Crippen LogP contribution in [0.4, 0.5) is 5.82 Å². The molecular formula is C13H20N2O2. The molecule has 2 rings (SSSR count). The standard InChI is InChI=1S/C13H20N2O2/c1-10(16)11-4-5-14-12(8-11)15-6-7-17-13(2,3)9-15/h4-5,8,10,16H,6-7,9H2,1-3H3/t10-/m0/s1. The molecule has 1 aromatic rings. The second kappa shape index (κ2) is 4.63. The molecule has 4 nitrogen and oxygen atoms in total. The number of morpholine rings is 1. The highest BCUT2D eigenvalue weighted by Gasteiger charge is 2.27. The Balaban J connectivity index is 2.19. The summed E-state index contributed by atoms with van der Waals surface area (Å²) < 4.78 is 5.68. The Kier molecular flexibility index (Phi) is 3.35. The van der Waals surface area contributed by atoms with E-state index in [9.17, 15) is 5.11 Å². The van der Waals surface area contributed by atoms with Gasteiger partial charge in [0.05, 0.1) is 18.3 Å². The van der Waals surface area contributed by atoms with Crippen LogP contribution in [-0.4, -0.2) is 35.4 Å². The normalized spacial score (nSPS) is 21.3. The van der Waals surface area contributed by atoms with E-state index in [2.05, 4.69) is 23.7 Å². The van der Waals surface area contributed by atoms with E-state index >= 15 is 0 Å². The fourth-order valence-corrected chi connectivity index (χ4v) is 2.08. The zero-order valence-electron chi connectivity index (χ0n) is 10.7. The molecule has 1 aliphatic heterocycles. The molecule has 0 spiro atoms. The minimum atomic E-state index is -0.453. The molecule has 1 N–H and O–H groups in total. The molecule has 1 saturated heterocycles. The maximum absolute atomic E-state index is 9.58. The van der Waals surface area contributed by atoms with Crippen LogP contribution >= 0.6 is 0 Å². The fraction of sp³-hybridized carbons (Fsp3) is 0.615. The number of aromatic nitrogens is 1. The largest absolute Gasteiger partial charge is 0.389 e. The van der Waals surface area contributed by atoms with Crippen molar-refractivity contribution in [3.05, 3.63) is 23.9 Å². The van der Waals surface area contributed by atoms with Gasteiger partial charge in [-0.2, -0.15) is 0 Å². The maximum atomic E-state index is 9.58. The van der Waals surface area contributed by atoms with Crippen LogP contribution in [0.5, 0.6) is 0 Å². The average molecular weight is 236 g/mol. The topological polar surface area (TPSA) is 45.6 Å². The summed E-state index contributed by atoms with van der Waals surface area (Å²) in [5.74, 6) is 0.916. The van der Waals surface area contributed by atoms with E-state index in [0.717, 1.165) is 24.5 Å². The van der Waals surface area contributed by atoms with Gasteiger partial charge in [-0.25, -0.2) is 4.98 Å². The Morgan fingerprint density at radius 3 is 2.94 bits per heavy atom. The molecule has 0 bridgehead atoms. The summed E-state index contributed by atoms with van der Waals surface area (Å²) in [6.07, 6.45) is 1.30. The zero-order chi connectivity index (χ0) is 12.5. The van der Waals surface area contributed by atoms with E-state index in [4.69, 9.17) is 4.74 Å². The molecule has 1 fully saturated rings. The molecule has 1 aromatic heterocycles. The quantitative estimate of drug-likeness (QED) is 0.849. The van der Waals surface area contributed by atoms with Crippen LogP contribution in [0, 0.1) is 0 Å². The smallest absolute Gasteiger partial charge is 0.129 e. The van der Waals surface area contributed by atoms with E-state index in [-0.39, 0.29) is 5.60 Å². The number of anilines is 1. The van der Waals surface area contributed by atoms with Gasteiger partial charge >= 0.3 is 0 Å². The minimum absolute atomic E-state index is 0.138. The monoisotopic (exact) mass is 236 g/mol. The summed E-state index contributed by atoms with van der Waals surface area (Å²) >= 11 is 0. The SMILES string of the molecule is C[C@H](O)c1ccnc(N2CCOC(C)(C)C2)c1. The lowest BCUT2D eigenvalue weighted by atomic mass is 10.1. The zero-order valence-corrected chi connectivity index (χ0v) is 10.7. The number of hydrogen-bond donors (Lipinski definition) is 1. The third kappa shape index (κ3) is 2.96. The number of ether oxygens (including phenoxy) is 1. The Bertz CT molecular complexity index is 391. The van der Waals surface area contributed by atoms with Gasteiger partial charge in [-0.15, -0.1) is 0 Å². The van der Waals surface area contributed by atoms with Gasteiger partial charge in [0.1, 0.15) is 5.82 Å². The molecular weight excluding hydrogens is 216 g/mol. The van der Waals surface area contributed by atoms with Gasteiger partial charge in [-0.3, -0.25) is 0 Å². The van der Waals surface area contributed by atoms with Gasteiger partial charge in [0.2, 0.25) is 0 Å². The van der Waals surface area contributed by atoms with Crippen LogP contribution < -0.4 is 4.90 Å². The summed E-state index contributed by atoms with van der Waals surface area (Å²) in [7, 11) is 0. The molecule has 0 unspecified atom stereocenters. The van der Waals surface area contributed by atoms with Gasteiger partial charge in [-0.05, 0) is 38.5 Å². The third-order valence-electron chi connectivity index (χ3n) is 3.00. The summed E-state index contributed by atoms with van der Waals surface area (Å²) in [6, 6.07) is 3.80. The first kappa shape index (κ1) is 12.3. The number of aliphatic hydroxyl groups is 1. The first-order valence-electron chi connectivity index (χ1n) is 6.01. The van der Waals surface area contributed by atoms with Crippen LogP contribution in [0.2, 0.25) is 0 Å². The van der Waals surface area contributed by atoms with Crippen molar-refractivity contribution in [2.24, 2.45) is 0 Å². The molecule has 0 radical (unpaired) electrons. The van der Waals surface area contributed by atoms with Crippen molar-refractivity contribution in [3.8, 4) is 0 Å². The van der Waals surface area contributed by atoms with Crippen molar-refractivity contribution in [1.82, 2.24) is 4.98 Å². The molecule has 4 heteroatoms. The minimum Gasteiger partial charge on any atom is -0.389 e. The predicted octanol–water partition coefficient (Wildman–Crippen LogP) is 1.75. The molecule has 0 aromatic carbocycles. The lowest BCUT2D eigenvalue weighted by Gasteiger charge is -2.38. The number of pyridine rings is 1. The second-order valence-corrected chi connectivity index (χ2v) is 5.15. The Hall–Kier alpha value is -1.13. The summed E-state index contributed by atoms with van der Waals surface area (Å²) in [5, 5.41) is 9.58. The van der Waals surface area contributed by atoms with E-state index in [1.54, 1.807) is 13.1 Å². The Labute approximate surface area is 102 Å². The molecule has 17 heavy (non-hydrogen) atoms. The van der Waals surface area contributed by atoms with E-state index in [1.165, 1.54) is 0 Å². The van der Waals surface area contributed by atoms with Crippen LogP contribution in [0.3, 0.4) is 0 Å². The van der Waals surface area contributed by atoms with Gasteiger partial charge < -0.3 is 14.7 Å². The van der Waals surface area contributed by atoms with Gasteiger partial charge in [0.15, 0.2) is 0 Å². The second-order valence-electron chi connectivity index (χ2n) is 5.15. The molecule has 2 heterocycles. The van der Waals surface area contributed by atoms with E-state index < -0.39 is 6.10 Å². The highest BCUT2D eigenvalue weighted by Crippen LogP contribution is 2.23. The van der Waals surface area contributed by atoms with Crippen molar-refractivity contribution >= 4 is 5.82 Å². The number of aliphatic hydroxyl groups excluding tert-OH is 1. The lowest BCUT2D eigenvalue weighted by molar-refractivity contribution is -0.0279. The van der Waals surface area contributed by atoms with Gasteiger partial charge in [0, 0.05) is 19.3 Å². The first-order chi connectivity index (χ1) is 7.98. The van der Waals surface area contributed by atoms with Crippen molar-refractivity contribution in [3.63, 3.8) is 0 Å². The summed E-state index contributed by atoms with van der Waals surface area (Å²) in [6.45, 7) is 8.31. The van der Waals surface area contributed by atoms with Crippen LogP contribution in [0.1, 0.15) is 32.4 Å². The van der Waals surface area contributed by atoms with Crippen molar-refractivity contribution < 1.29 is 9.84 Å². The average Bonchev–Trinajstić information content (AvgIpc) is 2.28. The van der Waals surface area contributed by atoms with Crippen molar-refractivity contribution in [2.45, 2.75) is 32.5 Å². The fourth-order valence-electron chi connectivity index (χ4n) is 2.08. The maximum Gasteiger partial charge on any atom is 0.129 e. The molecule has 94 valence electrons. The molecule has 0 amide bonds. The Morgan fingerprint density at radius 1 is 1.53 bits per heavy atom. The summed E-state index contributed by atoms with van der Waals surface area (Å²) in [5.41, 5.74) is 0.764. The van der Waals surface area contributed by atoms with Crippen LogP contribution in [-0.2, 0) is 4.74 Å². The highest BCUT2D eigenvalue weighted by atomic mass is 16.5.